The van der Waals surface area contributed by atoms with E-state index < -0.39 is 0 Å². The van der Waals surface area contributed by atoms with Crippen molar-refractivity contribution in [1.29, 1.82) is 0 Å². The molecule has 0 aliphatic rings. The van der Waals surface area contributed by atoms with E-state index in [9.17, 15) is 0 Å². The van der Waals surface area contributed by atoms with Crippen LogP contribution in [0.5, 0.6) is 0 Å². The van der Waals surface area contributed by atoms with Gasteiger partial charge in [-0.1, -0.05) is 6.92 Å². The van der Waals surface area contributed by atoms with Gasteiger partial charge in [-0.3, -0.25) is 4.68 Å². The van der Waals surface area contributed by atoms with E-state index in [4.69, 9.17) is 5.73 Å². The Morgan fingerprint density at radius 2 is 2.27 bits per heavy atom. The maximum Gasteiger partial charge on any atom is 0.148 e. The molecule has 2 N–H and O–H groups in total. The lowest BCUT2D eigenvalue weighted by molar-refractivity contribution is 0.539. The first kappa shape index (κ1) is 9.70. The third kappa shape index (κ3) is 2.15. The Morgan fingerprint density at radius 1 is 1.40 bits per heavy atom. The number of aromatic nitrogens is 5. The number of hydrogen-bond donors (Lipinski definition) is 1. The number of aryl methyl sites for hydroxylation is 1. The second kappa shape index (κ2) is 4.12. The van der Waals surface area contributed by atoms with Gasteiger partial charge in [-0.15, -0.1) is 0 Å². The van der Waals surface area contributed by atoms with E-state index in [2.05, 4.69) is 22.1 Å². The van der Waals surface area contributed by atoms with Crippen LogP contribution in [0.25, 0.3) is 0 Å². The van der Waals surface area contributed by atoms with E-state index >= 15 is 0 Å². The summed E-state index contributed by atoms with van der Waals surface area (Å²) in [6.45, 7) is 3.60. The highest BCUT2D eigenvalue weighted by molar-refractivity contribution is 5.30. The smallest absolute Gasteiger partial charge is 0.148 e. The van der Waals surface area contributed by atoms with Gasteiger partial charge in [-0.2, -0.15) is 10.2 Å². The molecule has 6 nitrogen and oxygen atoms in total. The molecule has 2 rings (SSSR count). The molecule has 0 aliphatic heterocycles. The molecule has 2 heterocycles. The van der Waals surface area contributed by atoms with Crippen LogP contribution in [0.3, 0.4) is 0 Å². The Balaban J connectivity index is 2.13. The van der Waals surface area contributed by atoms with Crippen molar-refractivity contribution in [2.45, 2.75) is 26.4 Å². The van der Waals surface area contributed by atoms with Crippen LogP contribution in [0.2, 0.25) is 0 Å². The fraction of sp³-hybridized carbons (Fsp3) is 0.444. The van der Waals surface area contributed by atoms with E-state index in [1.54, 1.807) is 23.4 Å². The number of nitrogens with two attached hydrogens (primary N) is 1. The molecule has 0 saturated heterocycles. The van der Waals surface area contributed by atoms with Crippen LogP contribution >= 0.6 is 0 Å². The molecule has 2 aromatic rings. The Hall–Kier alpha value is -1.85. The van der Waals surface area contributed by atoms with Crippen LogP contribution in [-0.4, -0.2) is 24.5 Å². The van der Waals surface area contributed by atoms with Crippen LogP contribution < -0.4 is 5.73 Å². The number of anilines is 1. The normalized spacial score (nSPS) is 10.7. The molecule has 0 aromatic carbocycles. The molecule has 0 unspecified atom stereocenters. The van der Waals surface area contributed by atoms with E-state index in [0.29, 0.717) is 12.2 Å². The number of rotatable bonds is 4. The molecule has 0 atom stereocenters. The fourth-order valence-electron chi connectivity index (χ4n) is 1.42. The third-order valence-electron chi connectivity index (χ3n) is 2.09. The Kier molecular flexibility index (Phi) is 2.66. The average Bonchev–Trinajstić information content (AvgIpc) is 2.78. The molecule has 15 heavy (non-hydrogen) atoms. The monoisotopic (exact) mass is 206 g/mol. The molecule has 2 aromatic heterocycles. The minimum absolute atomic E-state index is 0.608. The first-order chi connectivity index (χ1) is 7.29. The summed E-state index contributed by atoms with van der Waals surface area (Å²) >= 11 is 0. The first-order valence-corrected chi connectivity index (χ1v) is 4.94. The molecule has 6 heteroatoms. The predicted octanol–water partition coefficient (Wildman–Crippen LogP) is 0.515. The zero-order valence-electron chi connectivity index (χ0n) is 8.67. The van der Waals surface area contributed by atoms with Crippen molar-refractivity contribution >= 4 is 5.69 Å². The summed E-state index contributed by atoms with van der Waals surface area (Å²) in [5.41, 5.74) is 6.24. The maximum absolute atomic E-state index is 5.58. The van der Waals surface area contributed by atoms with Crippen molar-refractivity contribution < 1.29 is 0 Å². The molecule has 0 amide bonds. The quantitative estimate of drug-likeness (QED) is 0.791. The summed E-state index contributed by atoms with van der Waals surface area (Å²) in [5.74, 6) is 0.903. The Morgan fingerprint density at radius 3 is 2.93 bits per heavy atom. The molecular formula is C9H14N6. The molecule has 0 radical (unpaired) electrons. The second-order valence-corrected chi connectivity index (χ2v) is 3.37. The minimum atomic E-state index is 0.608. The molecule has 80 valence electrons. The van der Waals surface area contributed by atoms with Crippen LogP contribution in [0, 0.1) is 0 Å². The van der Waals surface area contributed by atoms with Crippen molar-refractivity contribution in [1.82, 2.24) is 24.5 Å². The average molecular weight is 206 g/mol. The highest BCUT2D eigenvalue weighted by Gasteiger charge is 2.04. The van der Waals surface area contributed by atoms with Crippen LogP contribution in [0.4, 0.5) is 5.69 Å². The van der Waals surface area contributed by atoms with Gasteiger partial charge in [0.25, 0.3) is 0 Å². The van der Waals surface area contributed by atoms with E-state index in [0.717, 1.165) is 18.8 Å². The van der Waals surface area contributed by atoms with Gasteiger partial charge in [0, 0.05) is 12.7 Å². The largest absolute Gasteiger partial charge is 0.396 e. The molecule has 0 bridgehead atoms. The summed E-state index contributed by atoms with van der Waals surface area (Å²) in [5, 5.41) is 8.24. The predicted molar refractivity (Wildman–Crippen MR) is 56.1 cm³/mol. The standard InChI is InChI=1S/C9H14N6/c1-2-3-15-9(11-7-13-15)6-14-5-8(10)4-12-14/h4-5,7H,2-3,6,10H2,1H3. The first-order valence-electron chi connectivity index (χ1n) is 4.94. The van der Waals surface area contributed by atoms with Crippen LogP contribution in [0.1, 0.15) is 19.2 Å². The highest BCUT2D eigenvalue weighted by Crippen LogP contribution is 2.02. The summed E-state index contributed by atoms with van der Waals surface area (Å²) in [6.07, 6.45) is 6.01. The lowest BCUT2D eigenvalue weighted by Gasteiger charge is -2.03. The van der Waals surface area contributed by atoms with Crippen molar-refractivity contribution in [3.63, 3.8) is 0 Å². The molecule has 0 spiro atoms. The van der Waals surface area contributed by atoms with Gasteiger partial charge >= 0.3 is 0 Å². The van der Waals surface area contributed by atoms with Gasteiger partial charge in [0.15, 0.2) is 0 Å². The van der Waals surface area contributed by atoms with Gasteiger partial charge in [0.2, 0.25) is 0 Å². The van der Waals surface area contributed by atoms with Crippen molar-refractivity contribution in [3.8, 4) is 0 Å². The number of nitrogens with zero attached hydrogens (tertiary/aromatic N) is 5. The van der Waals surface area contributed by atoms with Gasteiger partial charge < -0.3 is 5.73 Å². The van der Waals surface area contributed by atoms with E-state index in [1.807, 2.05) is 4.68 Å². The van der Waals surface area contributed by atoms with Gasteiger partial charge in [-0.05, 0) is 6.42 Å². The van der Waals surface area contributed by atoms with Gasteiger partial charge in [0.05, 0.1) is 11.9 Å². The van der Waals surface area contributed by atoms with Crippen molar-refractivity contribution in [2.75, 3.05) is 5.73 Å². The van der Waals surface area contributed by atoms with Crippen molar-refractivity contribution in [2.24, 2.45) is 0 Å². The lowest BCUT2D eigenvalue weighted by atomic mass is 10.5. The SMILES string of the molecule is CCCn1ncnc1Cn1cc(N)cn1. The number of hydrogen-bond acceptors (Lipinski definition) is 4. The second-order valence-electron chi connectivity index (χ2n) is 3.37. The molecular weight excluding hydrogens is 192 g/mol. The fourth-order valence-corrected chi connectivity index (χ4v) is 1.42. The summed E-state index contributed by atoms with van der Waals surface area (Å²) < 4.78 is 3.64. The van der Waals surface area contributed by atoms with Crippen LogP contribution in [0.15, 0.2) is 18.7 Å². The minimum Gasteiger partial charge on any atom is -0.396 e. The maximum atomic E-state index is 5.58. The molecule has 0 fully saturated rings. The summed E-state index contributed by atoms with van der Waals surface area (Å²) in [7, 11) is 0. The van der Waals surface area contributed by atoms with Gasteiger partial charge in [-0.25, -0.2) is 9.67 Å². The van der Waals surface area contributed by atoms with Gasteiger partial charge in [0.1, 0.15) is 18.7 Å². The summed E-state index contributed by atoms with van der Waals surface area (Å²) in [4.78, 5) is 4.19. The van der Waals surface area contributed by atoms with E-state index in [1.165, 1.54) is 0 Å². The zero-order chi connectivity index (χ0) is 10.7. The molecule has 0 saturated carbocycles. The zero-order valence-corrected chi connectivity index (χ0v) is 8.67. The van der Waals surface area contributed by atoms with Crippen LogP contribution in [-0.2, 0) is 13.1 Å². The Labute approximate surface area is 87.7 Å². The topological polar surface area (TPSA) is 74.5 Å². The third-order valence-corrected chi connectivity index (χ3v) is 2.09. The van der Waals surface area contributed by atoms with Crippen molar-refractivity contribution in [3.05, 3.63) is 24.5 Å². The number of nitrogen functional groups attached to an aromatic ring is 1. The molecule has 0 aliphatic carbocycles. The summed E-state index contributed by atoms with van der Waals surface area (Å²) in [6, 6.07) is 0. The highest BCUT2D eigenvalue weighted by atomic mass is 15.4. The Bertz CT molecular complexity index is 429. The lowest BCUT2D eigenvalue weighted by Crippen LogP contribution is -2.10. The van der Waals surface area contributed by atoms with E-state index in [-0.39, 0.29) is 0 Å².